The summed E-state index contributed by atoms with van der Waals surface area (Å²) < 4.78 is 6.72. The van der Waals surface area contributed by atoms with E-state index < -0.39 is 6.10 Å². The first-order valence-electron chi connectivity index (χ1n) is 3.93. The number of aryl methyl sites for hydroxylation is 1. The minimum absolute atomic E-state index is 0.516. The van der Waals surface area contributed by atoms with Gasteiger partial charge < -0.3 is 9.84 Å². The molecule has 0 radical (unpaired) electrons. The van der Waals surface area contributed by atoms with Crippen LogP contribution in [0.25, 0.3) is 0 Å². The molecule has 0 aromatic carbocycles. The number of hydrogen-bond donors (Lipinski definition) is 1. The second-order valence-electron chi connectivity index (χ2n) is 2.69. The van der Waals surface area contributed by atoms with Crippen LogP contribution in [0.3, 0.4) is 0 Å². The summed E-state index contributed by atoms with van der Waals surface area (Å²) in [6, 6.07) is 0. The fraction of sp³-hybridized carbons (Fsp3) is 0.625. The molecule has 0 bridgehead atoms. The predicted molar refractivity (Wildman–Crippen MR) is 53.1 cm³/mol. The first-order valence-corrected chi connectivity index (χ1v) is 5.33. The van der Waals surface area contributed by atoms with Crippen molar-refractivity contribution in [1.29, 1.82) is 0 Å². The number of hydrogen-bond acceptors (Lipinski definition) is 4. The van der Waals surface area contributed by atoms with Crippen LogP contribution in [-0.2, 0) is 7.05 Å². The number of aromatic nitrogens is 2. The Morgan fingerprint density at radius 1 is 1.77 bits per heavy atom. The van der Waals surface area contributed by atoms with Gasteiger partial charge in [-0.2, -0.15) is 16.9 Å². The minimum Gasteiger partial charge on any atom is -0.493 e. The highest BCUT2D eigenvalue weighted by atomic mass is 32.2. The third-order valence-electron chi connectivity index (χ3n) is 1.81. The molecule has 0 fully saturated rings. The molecule has 0 spiro atoms. The van der Waals surface area contributed by atoms with Gasteiger partial charge in [0.1, 0.15) is 11.8 Å². The number of thioether (sulfide) groups is 1. The molecule has 0 amide bonds. The molecular formula is C8H14N2O2S. The highest BCUT2D eigenvalue weighted by Gasteiger charge is 2.17. The molecular weight excluding hydrogens is 188 g/mol. The second kappa shape index (κ2) is 4.53. The van der Waals surface area contributed by atoms with Gasteiger partial charge in [0.2, 0.25) is 0 Å². The van der Waals surface area contributed by atoms with E-state index in [1.54, 1.807) is 36.8 Å². The molecule has 1 aromatic heterocycles. The van der Waals surface area contributed by atoms with E-state index >= 15 is 0 Å². The molecule has 1 N–H and O–H groups in total. The van der Waals surface area contributed by atoms with Crippen LogP contribution in [-0.4, -0.2) is 34.0 Å². The standard InChI is InChI=1S/C8H14N2O2S/c1-10-8(6(11)5-13-3)7(12-2)4-9-10/h4,6,11H,5H2,1-3H3. The lowest BCUT2D eigenvalue weighted by molar-refractivity contribution is 0.189. The highest BCUT2D eigenvalue weighted by molar-refractivity contribution is 7.98. The molecule has 1 heterocycles. The van der Waals surface area contributed by atoms with Crippen LogP contribution in [0.2, 0.25) is 0 Å². The van der Waals surface area contributed by atoms with Crippen LogP contribution >= 0.6 is 11.8 Å². The van der Waals surface area contributed by atoms with Gasteiger partial charge in [-0.25, -0.2) is 0 Å². The minimum atomic E-state index is -0.516. The van der Waals surface area contributed by atoms with Gasteiger partial charge in [-0.3, -0.25) is 4.68 Å². The van der Waals surface area contributed by atoms with Gasteiger partial charge in [0.05, 0.1) is 13.3 Å². The fourth-order valence-electron chi connectivity index (χ4n) is 1.20. The molecule has 0 aliphatic carbocycles. The monoisotopic (exact) mass is 202 g/mol. The number of rotatable bonds is 4. The van der Waals surface area contributed by atoms with E-state index in [1.807, 2.05) is 6.26 Å². The molecule has 0 saturated carbocycles. The molecule has 0 aliphatic rings. The van der Waals surface area contributed by atoms with Crippen LogP contribution in [0.4, 0.5) is 0 Å². The summed E-state index contributed by atoms with van der Waals surface area (Å²) in [7, 11) is 3.37. The van der Waals surface area contributed by atoms with Gasteiger partial charge in [-0.1, -0.05) is 0 Å². The van der Waals surface area contributed by atoms with Crippen molar-refractivity contribution in [3.63, 3.8) is 0 Å². The molecule has 5 heteroatoms. The van der Waals surface area contributed by atoms with Crippen LogP contribution in [0.5, 0.6) is 5.75 Å². The number of aliphatic hydroxyl groups is 1. The van der Waals surface area contributed by atoms with Crippen molar-refractivity contribution in [3.8, 4) is 5.75 Å². The van der Waals surface area contributed by atoms with Crippen LogP contribution in [0, 0.1) is 0 Å². The van der Waals surface area contributed by atoms with Crippen LogP contribution in [0.1, 0.15) is 11.8 Å². The van der Waals surface area contributed by atoms with Crippen LogP contribution in [0.15, 0.2) is 6.20 Å². The Kier molecular flexibility index (Phi) is 3.62. The molecule has 0 saturated heterocycles. The summed E-state index contributed by atoms with van der Waals surface area (Å²) in [6.07, 6.45) is 3.04. The Morgan fingerprint density at radius 3 is 3.00 bits per heavy atom. The molecule has 1 aromatic rings. The maximum absolute atomic E-state index is 9.74. The number of nitrogens with zero attached hydrogens (tertiary/aromatic N) is 2. The topological polar surface area (TPSA) is 47.3 Å². The Labute approximate surface area is 81.9 Å². The first-order chi connectivity index (χ1) is 6.20. The number of aliphatic hydroxyl groups excluding tert-OH is 1. The third-order valence-corrected chi connectivity index (χ3v) is 2.46. The van der Waals surface area contributed by atoms with Gasteiger partial charge in [-0.15, -0.1) is 0 Å². The zero-order chi connectivity index (χ0) is 9.84. The lowest BCUT2D eigenvalue weighted by Gasteiger charge is -2.11. The first kappa shape index (κ1) is 10.4. The Balaban J connectivity index is 2.89. The summed E-state index contributed by atoms with van der Waals surface area (Å²) in [6.45, 7) is 0. The molecule has 0 aliphatic heterocycles. The zero-order valence-corrected chi connectivity index (χ0v) is 8.84. The van der Waals surface area contributed by atoms with Crippen LogP contribution < -0.4 is 4.74 Å². The van der Waals surface area contributed by atoms with Crippen molar-refractivity contribution < 1.29 is 9.84 Å². The van der Waals surface area contributed by atoms with Crippen molar-refractivity contribution >= 4 is 11.8 Å². The maximum atomic E-state index is 9.74. The number of ether oxygens (including phenoxy) is 1. The SMILES string of the molecule is COc1cnn(C)c1C(O)CSC. The van der Waals surface area contributed by atoms with E-state index in [2.05, 4.69) is 5.10 Å². The normalized spacial score (nSPS) is 12.9. The van der Waals surface area contributed by atoms with Crippen molar-refractivity contribution in [2.75, 3.05) is 19.1 Å². The van der Waals surface area contributed by atoms with Gasteiger partial charge in [0.25, 0.3) is 0 Å². The van der Waals surface area contributed by atoms with Gasteiger partial charge in [-0.05, 0) is 6.26 Å². The summed E-state index contributed by atoms with van der Waals surface area (Å²) in [4.78, 5) is 0. The summed E-state index contributed by atoms with van der Waals surface area (Å²) in [5, 5.41) is 13.8. The molecule has 1 unspecified atom stereocenters. The predicted octanol–water partition coefficient (Wildman–Crippen LogP) is 0.825. The van der Waals surface area contributed by atoms with E-state index in [-0.39, 0.29) is 0 Å². The van der Waals surface area contributed by atoms with E-state index in [0.717, 1.165) is 5.69 Å². The maximum Gasteiger partial charge on any atom is 0.162 e. The quantitative estimate of drug-likeness (QED) is 0.785. The largest absolute Gasteiger partial charge is 0.493 e. The lowest BCUT2D eigenvalue weighted by atomic mass is 10.2. The third kappa shape index (κ3) is 2.16. The highest BCUT2D eigenvalue weighted by Crippen LogP contribution is 2.25. The average Bonchev–Trinajstić information content (AvgIpc) is 2.47. The van der Waals surface area contributed by atoms with Crippen molar-refractivity contribution in [1.82, 2.24) is 9.78 Å². The van der Waals surface area contributed by atoms with E-state index in [1.165, 1.54) is 0 Å². The zero-order valence-electron chi connectivity index (χ0n) is 8.02. The van der Waals surface area contributed by atoms with Crippen molar-refractivity contribution in [2.45, 2.75) is 6.10 Å². The summed E-state index contributed by atoms with van der Waals surface area (Å²) >= 11 is 1.59. The molecule has 4 nitrogen and oxygen atoms in total. The molecule has 13 heavy (non-hydrogen) atoms. The van der Waals surface area contributed by atoms with E-state index in [9.17, 15) is 5.11 Å². The van der Waals surface area contributed by atoms with Crippen molar-refractivity contribution in [2.24, 2.45) is 7.05 Å². The molecule has 1 atom stereocenters. The summed E-state index contributed by atoms with van der Waals surface area (Å²) in [5.74, 6) is 1.29. The molecule has 1 rings (SSSR count). The van der Waals surface area contributed by atoms with E-state index in [0.29, 0.717) is 11.5 Å². The number of methoxy groups -OCH3 is 1. The van der Waals surface area contributed by atoms with Gasteiger partial charge in [0.15, 0.2) is 5.75 Å². The lowest BCUT2D eigenvalue weighted by Crippen LogP contribution is -2.08. The summed E-state index contributed by atoms with van der Waals surface area (Å²) in [5.41, 5.74) is 0.733. The molecule has 74 valence electrons. The van der Waals surface area contributed by atoms with Gasteiger partial charge >= 0.3 is 0 Å². The average molecular weight is 202 g/mol. The second-order valence-corrected chi connectivity index (χ2v) is 3.60. The Bertz CT molecular complexity index is 275. The van der Waals surface area contributed by atoms with Crippen molar-refractivity contribution in [3.05, 3.63) is 11.9 Å². The Hall–Kier alpha value is -0.680. The van der Waals surface area contributed by atoms with Gasteiger partial charge in [0, 0.05) is 12.8 Å². The Morgan fingerprint density at radius 2 is 2.46 bits per heavy atom. The smallest absolute Gasteiger partial charge is 0.162 e. The fourth-order valence-corrected chi connectivity index (χ4v) is 1.67. The van der Waals surface area contributed by atoms with E-state index in [4.69, 9.17) is 4.74 Å².